The first-order valence-electron chi connectivity index (χ1n) is 6.44. The predicted molar refractivity (Wildman–Crippen MR) is 89.4 cm³/mol. The Morgan fingerprint density at radius 2 is 2.14 bits per heavy atom. The molecule has 22 heavy (non-hydrogen) atoms. The molecule has 3 rings (SSSR count). The molecule has 0 saturated carbocycles. The number of anilines is 1. The molecule has 1 heterocycles. The smallest absolute Gasteiger partial charge is 0.264 e. The number of hydrogen-bond donors (Lipinski definition) is 2. The van der Waals surface area contributed by atoms with Gasteiger partial charge in [0, 0.05) is 4.47 Å². The summed E-state index contributed by atoms with van der Waals surface area (Å²) in [4.78, 5) is 19.2. The highest BCUT2D eigenvalue weighted by molar-refractivity contribution is 9.10. The highest BCUT2D eigenvalue weighted by atomic mass is 79.9. The summed E-state index contributed by atoms with van der Waals surface area (Å²) >= 11 is 9.33. The van der Waals surface area contributed by atoms with Crippen LogP contribution in [0.15, 0.2) is 46.9 Å². The molecule has 0 aliphatic heterocycles. The topological polar surface area (TPSA) is 67.0 Å². The van der Waals surface area contributed by atoms with Crippen LogP contribution in [0.4, 0.5) is 5.95 Å². The van der Waals surface area contributed by atoms with Crippen molar-refractivity contribution in [1.82, 2.24) is 9.97 Å². The molecule has 0 radical (unpaired) electrons. The summed E-state index contributed by atoms with van der Waals surface area (Å²) in [5.41, 5.74) is 1.64. The molecule has 2 N–H and O–H groups in total. The van der Waals surface area contributed by atoms with E-state index in [1.54, 1.807) is 18.2 Å². The number of nitrogens with zero attached hydrogens (tertiary/aromatic N) is 1. The summed E-state index contributed by atoms with van der Waals surface area (Å²) in [6.07, 6.45) is 0. The fourth-order valence-electron chi connectivity index (χ4n) is 1.92. The van der Waals surface area contributed by atoms with E-state index in [2.05, 4.69) is 31.2 Å². The molecule has 0 saturated heterocycles. The number of fused-ring (bicyclic) bond motifs is 1. The Kier molecular flexibility index (Phi) is 4.31. The number of hydrogen-bond acceptors (Lipinski definition) is 3. The largest absolute Gasteiger partial charge is 0.482 e. The lowest BCUT2D eigenvalue weighted by Crippen LogP contribution is -2.20. The van der Waals surface area contributed by atoms with Crippen molar-refractivity contribution in [3.63, 3.8) is 0 Å². The van der Waals surface area contributed by atoms with Crippen LogP contribution in [-0.2, 0) is 4.79 Å². The van der Waals surface area contributed by atoms with Gasteiger partial charge in [0.25, 0.3) is 5.91 Å². The zero-order valence-electron chi connectivity index (χ0n) is 11.3. The molecule has 5 nitrogen and oxygen atoms in total. The van der Waals surface area contributed by atoms with Crippen molar-refractivity contribution in [1.29, 1.82) is 0 Å². The molecular formula is C15H11BrClN3O2. The summed E-state index contributed by atoms with van der Waals surface area (Å²) in [7, 11) is 0. The van der Waals surface area contributed by atoms with Crippen LogP contribution in [0.1, 0.15) is 0 Å². The number of ether oxygens (including phenoxy) is 1. The number of carbonyl (C=O) groups is 1. The Labute approximate surface area is 139 Å². The van der Waals surface area contributed by atoms with Crippen molar-refractivity contribution in [2.45, 2.75) is 0 Å². The minimum absolute atomic E-state index is 0.154. The van der Waals surface area contributed by atoms with Crippen LogP contribution in [0.5, 0.6) is 5.75 Å². The number of imidazole rings is 1. The highest BCUT2D eigenvalue weighted by Crippen LogP contribution is 2.27. The molecular weight excluding hydrogens is 370 g/mol. The fourth-order valence-corrected chi connectivity index (χ4v) is 2.64. The van der Waals surface area contributed by atoms with Crippen molar-refractivity contribution in [3.05, 3.63) is 52.0 Å². The first-order valence-corrected chi connectivity index (χ1v) is 7.61. The van der Waals surface area contributed by atoms with Gasteiger partial charge in [-0.25, -0.2) is 4.98 Å². The maximum absolute atomic E-state index is 11.9. The highest BCUT2D eigenvalue weighted by Gasteiger charge is 2.09. The number of aromatic nitrogens is 2. The van der Waals surface area contributed by atoms with Crippen molar-refractivity contribution in [3.8, 4) is 5.75 Å². The van der Waals surface area contributed by atoms with Crippen LogP contribution in [0.25, 0.3) is 11.0 Å². The molecule has 0 aliphatic rings. The number of aromatic amines is 1. The average molecular weight is 381 g/mol. The summed E-state index contributed by atoms with van der Waals surface area (Å²) < 4.78 is 6.24. The normalized spacial score (nSPS) is 10.6. The molecule has 1 aromatic heterocycles. The Balaban J connectivity index is 1.62. The second-order valence-electron chi connectivity index (χ2n) is 4.51. The van der Waals surface area contributed by atoms with E-state index in [4.69, 9.17) is 16.3 Å². The van der Waals surface area contributed by atoms with Gasteiger partial charge in [-0.05, 0) is 30.3 Å². The van der Waals surface area contributed by atoms with E-state index in [1.807, 2.05) is 24.3 Å². The van der Waals surface area contributed by atoms with Gasteiger partial charge in [0.05, 0.1) is 16.1 Å². The Hall–Kier alpha value is -2.05. The lowest BCUT2D eigenvalue weighted by atomic mass is 10.3. The molecule has 3 aromatic rings. The standard InChI is InChI=1S/C15H11BrClN3O2/c16-9-5-6-13(10(17)7-9)22-8-14(21)20-15-18-11-3-1-2-4-12(11)19-15/h1-7H,8H2,(H2,18,19,20,21). The zero-order valence-corrected chi connectivity index (χ0v) is 13.6. The van der Waals surface area contributed by atoms with Gasteiger partial charge in [-0.2, -0.15) is 0 Å². The summed E-state index contributed by atoms with van der Waals surface area (Å²) in [6.45, 7) is -0.154. The molecule has 0 unspecified atom stereocenters. The Morgan fingerprint density at radius 1 is 1.32 bits per heavy atom. The quantitative estimate of drug-likeness (QED) is 0.719. The lowest BCUT2D eigenvalue weighted by molar-refractivity contribution is -0.118. The monoisotopic (exact) mass is 379 g/mol. The van der Waals surface area contributed by atoms with Crippen LogP contribution >= 0.6 is 27.5 Å². The van der Waals surface area contributed by atoms with E-state index in [0.29, 0.717) is 16.7 Å². The van der Waals surface area contributed by atoms with E-state index in [1.165, 1.54) is 0 Å². The van der Waals surface area contributed by atoms with Crippen LogP contribution in [0.2, 0.25) is 5.02 Å². The minimum atomic E-state index is -0.321. The number of nitrogens with one attached hydrogen (secondary N) is 2. The van der Waals surface area contributed by atoms with E-state index < -0.39 is 0 Å². The van der Waals surface area contributed by atoms with Crippen LogP contribution < -0.4 is 10.1 Å². The van der Waals surface area contributed by atoms with Crippen LogP contribution in [-0.4, -0.2) is 22.5 Å². The molecule has 7 heteroatoms. The zero-order chi connectivity index (χ0) is 15.5. The summed E-state index contributed by atoms with van der Waals surface area (Å²) in [6, 6.07) is 12.7. The minimum Gasteiger partial charge on any atom is -0.482 e. The summed E-state index contributed by atoms with van der Waals surface area (Å²) in [5, 5.41) is 3.09. The lowest BCUT2D eigenvalue weighted by Gasteiger charge is -2.07. The summed E-state index contributed by atoms with van der Waals surface area (Å²) in [5.74, 6) is 0.513. The Morgan fingerprint density at radius 3 is 2.91 bits per heavy atom. The van der Waals surface area contributed by atoms with Gasteiger partial charge in [-0.15, -0.1) is 0 Å². The molecule has 2 aromatic carbocycles. The SMILES string of the molecule is O=C(COc1ccc(Br)cc1Cl)Nc1nc2ccccc2[nH]1. The van der Waals surface area contributed by atoms with E-state index in [0.717, 1.165) is 15.5 Å². The predicted octanol–water partition coefficient (Wildman–Crippen LogP) is 4.00. The maximum Gasteiger partial charge on any atom is 0.264 e. The van der Waals surface area contributed by atoms with Crippen molar-refractivity contribution < 1.29 is 9.53 Å². The number of para-hydroxylation sites is 2. The number of H-pyrrole nitrogens is 1. The molecule has 0 aliphatic carbocycles. The molecule has 0 fully saturated rings. The van der Waals surface area contributed by atoms with Gasteiger partial charge in [0.1, 0.15) is 5.75 Å². The van der Waals surface area contributed by atoms with Crippen molar-refractivity contribution in [2.75, 3.05) is 11.9 Å². The third-order valence-electron chi connectivity index (χ3n) is 2.90. The molecule has 0 spiro atoms. The molecule has 0 bridgehead atoms. The number of rotatable bonds is 4. The van der Waals surface area contributed by atoms with Gasteiger partial charge in [0.2, 0.25) is 5.95 Å². The first-order chi connectivity index (χ1) is 10.6. The number of benzene rings is 2. The Bertz CT molecular complexity index is 802. The van der Waals surface area contributed by atoms with Crippen LogP contribution in [0, 0.1) is 0 Å². The molecule has 1 amide bonds. The molecule has 0 atom stereocenters. The first kappa shape index (κ1) is 14.9. The second-order valence-corrected chi connectivity index (χ2v) is 5.84. The van der Waals surface area contributed by atoms with E-state index in [9.17, 15) is 4.79 Å². The third-order valence-corrected chi connectivity index (χ3v) is 3.69. The molecule has 112 valence electrons. The number of amides is 1. The second kappa shape index (κ2) is 6.37. The number of carbonyl (C=O) groups excluding carboxylic acids is 1. The van der Waals surface area contributed by atoms with E-state index in [-0.39, 0.29) is 12.5 Å². The third kappa shape index (κ3) is 3.40. The van der Waals surface area contributed by atoms with Crippen molar-refractivity contribution in [2.24, 2.45) is 0 Å². The van der Waals surface area contributed by atoms with Gasteiger partial charge >= 0.3 is 0 Å². The van der Waals surface area contributed by atoms with Crippen molar-refractivity contribution >= 4 is 50.4 Å². The van der Waals surface area contributed by atoms with Crippen LogP contribution in [0.3, 0.4) is 0 Å². The van der Waals surface area contributed by atoms with Gasteiger partial charge in [0.15, 0.2) is 6.61 Å². The van der Waals surface area contributed by atoms with Gasteiger partial charge in [-0.3, -0.25) is 10.1 Å². The maximum atomic E-state index is 11.9. The van der Waals surface area contributed by atoms with E-state index >= 15 is 0 Å². The van der Waals surface area contributed by atoms with Gasteiger partial charge in [-0.1, -0.05) is 39.7 Å². The van der Waals surface area contributed by atoms with Gasteiger partial charge < -0.3 is 9.72 Å². The fraction of sp³-hybridized carbons (Fsp3) is 0.0667. The average Bonchev–Trinajstić information content (AvgIpc) is 2.88. The number of halogens is 2.